The van der Waals surface area contributed by atoms with Crippen molar-refractivity contribution < 1.29 is 13.3 Å². The Balaban J connectivity index is 1.69. The summed E-state index contributed by atoms with van der Waals surface area (Å²) in [6, 6.07) is 16.0. The Kier molecular flexibility index (Phi) is 7.22. The van der Waals surface area contributed by atoms with Crippen LogP contribution in [0.4, 0.5) is 0 Å². The molecule has 0 saturated carbocycles. The normalized spacial score (nSPS) is 36.9. The number of rotatable bonds is 6. The highest BCUT2D eigenvalue weighted by Gasteiger charge is 2.57. The molecule has 0 aromatic heterocycles. The Morgan fingerprint density at radius 3 is 2.27 bits per heavy atom. The maximum absolute atomic E-state index is 7.55. The quantitative estimate of drug-likeness (QED) is 0.517. The van der Waals surface area contributed by atoms with Gasteiger partial charge in [-0.15, -0.1) is 6.58 Å². The van der Waals surface area contributed by atoms with Gasteiger partial charge in [0.2, 0.25) is 8.32 Å². The van der Waals surface area contributed by atoms with E-state index in [0.29, 0.717) is 0 Å². The summed E-state index contributed by atoms with van der Waals surface area (Å²) in [7, 11) is -4.54. The maximum atomic E-state index is 7.55. The van der Waals surface area contributed by atoms with Crippen LogP contribution in [0.5, 0.6) is 0 Å². The Morgan fingerprint density at radius 1 is 1.00 bits per heavy atom. The van der Waals surface area contributed by atoms with Gasteiger partial charge in [-0.2, -0.15) is 0 Å². The molecule has 4 atom stereocenters. The van der Waals surface area contributed by atoms with E-state index >= 15 is 0 Å². The van der Waals surface area contributed by atoms with Gasteiger partial charge in [0.05, 0.1) is 5.60 Å². The van der Waals surface area contributed by atoms with E-state index in [1.165, 1.54) is 61.5 Å². The van der Waals surface area contributed by atoms with Crippen LogP contribution in [0.15, 0.2) is 42.6 Å². The Bertz CT molecular complexity index is 701. The van der Waals surface area contributed by atoms with E-state index in [9.17, 15) is 0 Å². The molecule has 0 radical (unpaired) electrons. The zero-order chi connectivity index (χ0) is 21.1. The summed E-state index contributed by atoms with van der Waals surface area (Å²) < 4.78 is 20.3. The summed E-state index contributed by atoms with van der Waals surface area (Å²) in [6.07, 6.45) is 6.34. The van der Waals surface area contributed by atoms with Crippen LogP contribution in [-0.4, -0.2) is 39.6 Å². The summed E-state index contributed by atoms with van der Waals surface area (Å²) in [5.74, 6) is 0. The molecule has 6 heteroatoms. The molecule has 4 rings (SSSR count). The van der Waals surface area contributed by atoms with E-state index in [-0.39, 0.29) is 11.0 Å². The summed E-state index contributed by atoms with van der Waals surface area (Å²) in [6.45, 7) is 11.2. The second-order valence-electron chi connectivity index (χ2n) is 10.3. The van der Waals surface area contributed by atoms with Gasteiger partial charge in [0, 0.05) is 13.2 Å². The lowest BCUT2D eigenvalue weighted by Crippen LogP contribution is -2.60. The van der Waals surface area contributed by atoms with Crippen molar-refractivity contribution in [1.29, 1.82) is 0 Å². The van der Waals surface area contributed by atoms with Crippen molar-refractivity contribution in [1.82, 2.24) is 0 Å². The summed E-state index contributed by atoms with van der Waals surface area (Å²) in [5, 5.41) is 0. The van der Waals surface area contributed by atoms with Crippen LogP contribution >= 0.6 is 0 Å². The van der Waals surface area contributed by atoms with Crippen molar-refractivity contribution in [3.05, 3.63) is 48.2 Å². The van der Waals surface area contributed by atoms with E-state index in [0.717, 1.165) is 19.3 Å². The highest BCUT2D eigenvalue weighted by Crippen LogP contribution is 2.57. The van der Waals surface area contributed by atoms with E-state index in [4.69, 9.17) is 13.3 Å². The molecular weight excluding hydrogens is 421 g/mol. The van der Waals surface area contributed by atoms with Gasteiger partial charge in [-0.3, -0.25) is 0 Å². The number of hydrogen-bond acceptors (Lipinski definition) is 3. The molecule has 3 fully saturated rings. The van der Waals surface area contributed by atoms with Crippen molar-refractivity contribution in [3.8, 4) is 0 Å². The van der Waals surface area contributed by atoms with Gasteiger partial charge >= 0.3 is 0 Å². The first-order chi connectivity index (χ1) is 14.5. The monoisotopic (exact) mass is 460 g/mol. The van der Waals surface area contributed by atoms with Crippen LogP contribution in [0.2, 0.25) is 29.8 Å². The van der Waals surface area contributed by atoms with Crippen molar-refractivity contribution >= 4 is 26.4 Å². The van der Waals surface area contributed by atoms with E-state index in [1.807, 2.05) is 0 Å². The minimum Gasteiger partial charge on any atom is -0.420 e. The second-order valence-corrected chi connectivity index (χ2v) is 19.9. The van der Waals surface area contributed by atoms with Crippen molar-refractivity contribution in [3.63, 3.8) is 0 Å². The molecule has 0 N–H and O–H groups in total. The van der Waals surface area contributed by atoms with Crippen LogP contribution in [0, 0.1) is 5.41 Å². The molecule has 1 aromatic rings. The highest BCUT2D eigenvalue weighted by atomic mass is 28.4. The second kappa shape index (κ2) is 9.55. The van der Waals surface area contributed by atoms with Crippen molar-refractivity contribution in [2.75, 3.05) is 13.2 Å². The van der Waals surface area contributed by atoms with Crippen molar-refractivity contribution in [2.45, 2.75) is 81.4 Å². The Hall–Kier alpha value is -0.509. The molecule has 3 heterocycles. The largest absolute Gasteiger partial charge is 0.420 e. The topological polar surface area (TPSA) is 27.7 Å². The zero-order valence-electron chi connectivity index (χ0n) is 19.0. The maximum Gasteiger partial charge on any atom is 0.217 e. The summed E-state index contributed by atoms with van der Waals surface area (Å²) in [5.41, 5.74) is 4.69. The first-order valence-corrected chi connectivity index (χ1v) is 18.7. The standard InChI is InChI=1S/C24H40O3Si3/c1-4-30(21-29-18-11-9-16-26-29)19-14-23(2,3)24(27-30,22-12-6-5-7-13-22)20-28-17-10-8-15-25-28/h4-7,12-13,28-29H,1,8-11,14-21H2,2-3H3. The Morgan fingerprint density at radius 2 is 1.67 bits per heavy atom. The summed E-state index contributed by atoms with van der Waals surface area (Å²) in [4.78, 5) is 0. The predicted octanol–water partition coefficient (Wildman–Crippen LogP) is 5.61. The van der Waals surface area contributed by atoms with Crippen LogP contribution in [-0.2, 0) is 18.9 Å². The molecule has 3 aliphatic heterocycles. The number of hydrogen-bond donors (Lipinski definition) is 0. The fraction of sp³-hybridized carbons (Fsp3) is 0.667. The average molecular weight is 461 g/mol. The lowest BCUT2D eigenvalue weighted by atomic mass is 9.70. The van der Waals surface area contributed by atoms with Gasteiger partial charge < -0.3 is 13.3 Å². The first kappa shape index (κ1) is 22.7. The van der Waals surface area contributed by atoms with Crippen molar-refractivity contribution in [2.24, 2.45) is 5.41 Å². The van der Waals surface area contributed by atoms with Gasteiger partial charge in [-0.1, -0.05) is 62.7 Å². The Labute approximate surface area is 187 Å². The molecule has 1 aromatic carbocycles. The van der Waals surface area contributed by atoms with E-state index in [1.54, 1.807) is 0 Å². The van der Waals surface area contributed by atoms with Crippen LogP contribution < -0.4 is 0 Å². The molecule has 0 aliphatic carbocycles. The highest BCUT2D eigenvalue weighted by molar-refractivity contribution is 6.88. The van der Waals surface area contributed by atoms with E-state index < -0.39 is 26.4 Å². The fourth-order valence-electron chi connectivity index (χ4n) is 5.87. The van der Waals surface area contributed by atoms with Crippen LogP contribution in [0.3, 0.4) is 0 Å². The molecule has 3 saturated heterocycles. The minimum atomic E-state index is -2.07. The average Bonchev–Trinajstić information content (AvgIpc) is 2.78. The molecule has 166 valence electrons. The van der Waals surface area contributed by atoms with Gasteiger partial charge in [-0.05, 0) is 60.1 Å². The smallest absolute Gasteiger partial charge is 0.217 e. The van der Waals surface area contributed by atoms with Gasteiger partial charge in [0.1, 0.15) is 0 Å². The third-order valence-electron chi connectivity index (χ3n) is 7.89. The molecular formula is C24H40O3Si3. The SMILES string of the molecule is C=C[Si]1(C[SiH]2CCCCO2)CCC(C)(C)C(C[SiH]2CCCCO2)(c2ccccc2)O1. The molecule has 3 aliphatic rings. The molecule has 4 unspecified atom stereocenters. The first-order valence-electron chi connectivity index (χ1n) is 12.1. The molecule has 3 nitrogen and oxygen atoms in total. The third kappa shape index (κ3) is 4.64. The van der Waals surface area contributed by atoms with Gasteiger partial charge in [0.25, 0.3) is 0 Å². The molecule has 0 bridgehead atoms. The molecule has 30 heavy (non-hydrogen) atoms. The zero-order valence-corrected chi connectivity index (χ0v) is 22.3. The third-order valence-corrected chi connectivity index (χ3v) is 19.6. The lowest BCUT2D eigenvalue weighted by molar-refractivity contribution is -0.0628. The van der Waals surface area contributed by atoms with Crippen LogP contribution in [0.1, 0.15) is 51.5 Å². The van der Waals surface area contributed by atoms with Gasteiger partial charge in [0.15, 0.2) is 18.1 Å². The van der Waals surface area contributed by atoms with Gasteiger partial charge in [-0.25, -0.2) is 0 Å². The molecule has 0 spiro atoms. The summed E-state index contributed by atoms with van der Waals surface area (Å²) >= 11 is 0. The number of benzene rings is 1. The minimum absolute atomic E-state index is 0.0939. The van der Waals surface area contributed by atoms with E-state index in [2.05, 4.69) is 56.5 Å². The molecule has 0 amide bonds. The lowest BCUT2D eigenvalue weighted by Gasteiger charge is -2.57. The van der Waals surface area contributed by atoms with Crippen LogP contribution in [0.25, 0.3) is 0 Å². The predicted molar refractivity (Wildman–Crippen MR) is 132 cm³/mol. The fourth-order valence-corrected chi connectivity index (χ4v) is 19.5.